The topological polar surface area (TPSA) is 38.0 Å². The Balaban J connectivity index is 2.11. The monoisotopic (exact) mass is 268 g/mol. The molecule has 0 aliphatic rings. The van der Waals surface area contributed by atoms with E-state index in [0.29, 0.717) is 6.54 Å². The van der Waals surface area contributed by atoms with Gasteiger partial charge in [-0.1, -0.05) is 68.4 Å². The van der Waals surface area contributed by atoms with Gasteiger partial charge in [0.25, 0.3) is 0 Å². The van der Waals surface area contributed by atoms with E-state index < -0.39 is 0 Å². The Morgan fingerprint density at radius 1 is 0.900 bits per heavy atom. The molecule has 0 unspecified atom stereocenters. The number of nitrogens with two attached hydrogens (primary N) is 1. The SMILES string of the molecule is CC(C)(CNCCN)c1ccc(-c2ccccc2)cc1. The summed E-state index contributed by atoms with van der Waals surface area (Å²) in [6.07, 6.45) is 0. The minimum Gasteiger partial charge on any atom is -0.329 e. The lowest BCUT2D eigenvalue weighted by Gasteiger charge is -2.26. The van der Waals surface area contributed by atoms with E-state index in [0.717, 1.165) is 13.1 Å². The van der Waals surface area contributed by atoms with E-state index in [4.69, 9.17) is 5.73 Å². The van der Waals surface area contributed by atoms with Crippen molar-refractivity contribution in [1.29, 1.82) is 0 Å². The lowest BCUT2D eigenvalue weighted by Crippen LogP contribution is -2.35. The van der Waals surface area contributed by atoms with Gasteiger partial charge in [0.15, 0.2) is 0 Å². The van der Waals surface area contributed by atoms with Crippen LogP contribution in [0, 0.1) is 0 Å². The molecule has 2 rings (SSSR count). The largest absolute Gasteiger partial charge is 0.329 e. The van der Waals surface area contributed by atoms with E-state index in [1.807, 2.05) is 6.07 Å². The molecule has 0 fully saturated rings. The maximum atomic E-state index is 5.52. The molecule has 3 N–H and O–H groups in total. The van der Waals surface area contributed by atoms with Gasteiger partial charge >= 0.3 is 0 Å². The first-order chi connectivity index (χ1) is 9.63. The lowest BCUT2D eigenvalue weighted by molar-refractivity contribution is 0.473. The molecule has 20 heavy (non-hydrogen) atoms. The summed E-state index contributed by atoms with van der Waals surface area (Å²) in [4.78, 5) is 0. The van der Waals surface area contributed by atoms with Crippen LogP contribution in [0.1, 0.15) is 19.4 Å². The molecule has 0 atom stereocenters. The van der Waals surface area contributed by atoms with Crippen LogP contribution in [0.4, 0.5) is 0 Å². The van der Waals surface area contributed by atoms with E-state index in [9.17, 15) is 0 Å². The van der Waals surface area contributed by atoms with Crippen LogP contribution in [-0.4, -0.2) is 19.6 Å². The normalized spacial score (nSPS) is 11.6. The molecule has 2 nitrogen and oxygen atoms in total. The predicted molar refractivity (Wildman–Crippen MR) is 86.8 cm³/mol. The Labute approximate surface area is 122 Å². The van der Waals surface area contributed by atoms with Gasteiger partial charge in [0, 0.05) is 25.0 Å². The van der Waals surface area contributed by atoms with Crippen molar-refractivity contribution >= 4 is 0 Å². The molecule has 2 aromatic rings. The summed E-state index contributed by atoms with van der Waals surface area (Å²) in [7, 11) is 0. The molecule has 0 aromatic heterocycles. The lowest BCUT2D eigenvalue weighted by atomic mass is 9.84. The molecule has 0 heterocycles. The Morgan fingerprint density at radius 2 is 1.50 bits per heavy atom. The van der Waals surface area contributed by atoms with Gasteiger partial charge in [-0.05, 0) is 16.7 Å². The molecule has 0 saturated carbocycles. The van der Waals surface area contributed by atoms with E-state index in [2.05, 4.69) is 67.7 Å². The Hall–Kier alpha value is -1.64. The number of nitrogens with one attached hydrogen (secondary N) is 1. The Morgan fingerprint density at radius 3 is 2.10 bits per heavy atom. The van der Waals surface area contributed by atoms with Crippen LogP contribution in [-0.2, 0) is 5.41 Å². The Bertz CT molecular complexity index is 515. The van der Waals surface area contributed by atoms with Crippen molar-refractivity contribution in [3.63, 3.8) is 0 Å². The second-order valence-electron chi connectivity index (χ2n) is 5.79. The zero-order valence-electron chi connectivity index (χ0n) is 12.4. The second kappa shape index (κ2) is 6.69. The zero-order chi connectivity index (χ0) is 14.4. The number of benzene rings is 2. The van der Waals surface area contributed by atoms with Crippen LogP contribution < -0.4 is 11.1 Å². The summed E-state index contributed by atoms with van der Waals surface area (Å²) in [5, 5.41) is 3.40. The minimum absolute atomic E-state index is 0.115. The fourth-order valence-electron chi connectivity index (χ4n) is 2.35. The first-order valence-corrected chi connectivity index (χ1v) is 7.20. The van der Waals surface area contributed by atoms with Crippen molar-refractivity contribution in [3.8, 4) is 11.1 Å². The quantitative estimate of drug-likeness (QED) is 0.790. The summed E-state index contributed by atoms with van der Waals surface area (Å²) < 4.78 is 0. The van der Waals surface area contributed by atoms with Crippen LogP contribution in [0.15, 0.2) is 54.6 Å². The first-order valence-electron chi connectivity index (χ1n) is 7.20. The maximum Gasteiger partial charge on any atom is 0.00748 e. The average Bonchev–Trinajstić information content (AvgIpc) is 2.48. The van der Waals surface area contributed by atoms with Crippen LogP contribution >= 0.6 is 0 Å². The molecular weight excluding hydrogens is 244 g/mol. The Kier molecular flexibility index (Phi) is 4.94. The molecule has 0 bridgehead atoms. The van der Waals surface area contributed by atoms with Gasteiger partial charge in [0.2, 0.25) is 0 Å². The van der Waals surface area contributed by atoms with Crippen LogP contribution in [0.2, 0.25) is 0 Å². The van der Waals surface area contributed by atoms with Crippen molar-refractivity contribution in [3.05, 3.63) is 60.2 Å². The van der Waals surface area contributed by atoms with Crippen LogP contribution in [0.3, 0.4) is 0 Å². The molecule has 0 saturated heterocycles. The van der Waals surface area contributed by atoms with Crippen LogP contribution in [0.5, 0.6) is 0 Å². The number of hydrogen-bond donors (Lipinski definition) is 2. The molecule has 2 heteroatoms. The van der Waals surface area contributed by atoms with Crippen molar-refractivity contribution in [2.45, 2.75) is 19.3 Å². The minimum atomic E-state index is 0.115. The second-order valence-corrected chi connectivity index (χ2v) is 5.79. The molecular formula is C18H24N2. The van der Waals surface area contributed by atoms with E-state index in [-0.39, 0.29) is 5.41 Å². The third-order valence-corrected chi connectivity index (χ3v) is 3.66. The van der Waals surface area contributed by atoms with Crippen molar-refractivity contribution in [1.82, 2.24) is 5.32 Å². The summed E-state index contributed by atoms with van der Waals surface area (Å²) in [5.74, 6) is 0. The molecule has 0 radical (unpaired) electrons. The average molecular weight is 268 g/mol. The van der Waals surface area contributed by atoms with E-state index in [1.54, 1.807) is 0 Å². The van der Waals surface area contributed by atoms with Gasteiger partial charge in [-0.2, -0.15) is 0 Å². The van der Waals surface area contributed by atoms with Crippen molar-refractivity contribution < 1.29 is 0 Å². The highest BCUT2D eigenvalue weighted by molar-refractivity contribution is 5.63. The highest BCUT2D eigenvalue weighted by Crippen LogP contribution is 2.26. The summed E-state index contributed by atoms with van der Waals surface area (Å²) in [6, 6.07) is 19.3. The van der Waals surface area contributed by atoms with E-state index in [1.165, 1.54) is 16.7 Å². The van der Waals surface area contributed by atoms with Gasteiger partial charge < -0.3 is 11.1 Å². The predicted octanol–water partition coefficient (Wildman–Crippen LogP) is 3.18. The maximum absolute atomic E-state index is 5.52. The zero-order valence-corrected chi connectivity index (χ0v) is 12.4. The summed E-state index contributed by atoms with van der Waals surface area (Å²) in [5.41, 5.74) is 9.51. The van der Waals surface area contributed by atoms with Crippen molar-refractivity contribution in [2.24, 2.45) is 5.73 Å². The smallest absolute Gasteiger partial charge is 0.00748 e. The van der Waals surface area contributed by atoms with Gasteiger partial charge in [0.1, 0.15) is 0 Å². The number of rotatable bonds is 6. The van der Waals surface area contributed by atoms with Crippen molar-refractivity contribution in [2.75, 3.05) is 19.6 Å². The van der Waals surface area contributed by atoms with Crippen LogP contribution in [0.25, 0.3) is 11.1 Å². The molecule has 0 amide bonds. The first kappa shape index (κ1) is 14.8. The van der Waals surface area contributed by atoms with Gasteiger partial charge in [-0.25, -0.2) is 0 Å². The fourth-order valence-corrected chi connectivity index (χ4v) is 2.35. The third kappa shape index (κ3) is 3.69. The summed E-state index contributed by atoms with van der Waals surface area (Å²) in [6.45, 7) is 7.01. The highest BCUT2D eigenvalue weighted by Gasteiger charge is 2.19. The van der Waals surface area contributed by atoms with Gasteiger partial charge in [-0.15, -0.1) is 0 Å². The summed E-state index contributed by atoms with van der Waals surface area (Å²) >= 11 is 0. The molecule has 0 aliphatic carbocycles. The molecule has 106 valence electrons. The standard InChI is InChI=1S/C18H24N2/c1-18(2,14-20-13-12-19)17-10-8-16(9-11-17)15-6-4-3-5-7-15/h3-11,20H,12-14,19H2,1-2H3. The van der Waals surface area contributed by atoms with E-state index >= 15 is 0 Å². The molecule has 0 aliphatic heterocycles. The van der Waals surface area contributed by atoms with Gasteiger partial charge in [0.05, 0.1) is 0 Å². The number of hydrogen-bond acceptors (Lipinski definition) is 2. The van der Waals surface area contributed by atoms with Gasteiger partial charge in [-0.3, -0.25) is 0 Å². The molecule has 2 aromatic carbocycles. The molecule has 0 spiro atoms. The highest BCUT2D eigenvalue weighted by atomic mass is 14.9. The third-order valence-electron chi connectivity index (χ3n) is 3.66. The fraction of sp³-hybridized carbons (Fsp3) is 0.333.